The Balaban J connectivity index is 1.65. The molecule has 0 bridgehead atoms. The summed E-state index contributed by atoms with van der Waals surface area (Å²) in [5, 5.41) is 15.5. The van der Waals surface area contributed by atoms with Crippen molar-refractivity contribution in [1.82, 2.24) is 5.32 Å². The second-order valence-electron chi connectivity index (χ2n) is 10.7. The minimum Gasteiger partial charge on any atom is -0.351 e. The molecule has 2 aliphatic carbocycles. The molecule has 0 aliphatic heterocycles. The number of halogens is 1. The van der Waals surface area contributed by atoms with Crippen molar-refractivity contribution in [2.75, 3.05) is 6.54 Å². The van der Waals surface area contributed by atoms with Gasteiger partial charge in [0.05, 0.1) is 15.5 Å². The third-order valence-electron chi connectivity index (χ3n) is 8.21. The van der Waals surface area contributed by atoms with E-state index >= 15 is 0 Å². The average molecular weight is 469 g/mol. The van der Waals surface area contributed by atoms with Crippen LogP contribution in [0, 0.1) is 21.4 Å². The highest BCUT2D eigenvalue weighted by atomic mass is 35.5. The van der Waals surface area contributed by atoms with Crippen molar-refractivity contribution in [3.8, 4) is 0 Å². The van der Waals surface area contributed by atoms with E-state index in [2.05, 4.69) is 25.2 Å². The summed E-state index contributed by atoms with van der Waals surface area (Å²) in [6.45, 7) is 9.15. The molecule has 0 aromatic heterocycles. The Hall–Kier alpha value is -2.40. The number of amides is 1. The second-order valence-corrected chi connectivity index (χ2v) is 11.1. The monoisotopic (exact) mass is 468 g/mol. The zero-order chi connectivity index (χ0) is 24.0. The van der Waals surface area contributed by atoms with Crippen molar-refractivity contribution < 1.29 is 9.72 Å². The zero-order valence-corrected chi connectivity index (χ0v) is 20.7. The number of nitro groups is 1. The molecule has 0 heterocycles. The van der Waals surface area contributed by atoms with Gasteiger partial charge in [-0.2, -0.15) is 0 Å². The van der Waals surface area contributed by atoms with Crippen LogP contribution >= 0.6 is 11.6 Å². The first-order chi connectivity index (χ1) is 15.6. The van der Waals surface area contributed by atoms with Gasteiger partial charge in [-0.1, -0.05) is 57.8 Å². The first kappa shape index (κ1) is 23.7. The van der Waals surface area contributed by atoms with Crippen molar-refractivity contribution in [3.05, 3.63) is 73.8 Å². The number of benzene rings is 2. The molecule has 1 saturated carbocycles. The zero-order valence-electron chi connectivity index (χ0n) is 19.9. The maximum atomic E-state index is 12.8. The van der Waals surface area contributed by atoms with Gasteiger partial charge in [0.25, 0.3) is 11.6 Å². The smallest absolute Gasteiger partial charge is 0.273 e. The van der Waals surface area contributed by atoms with Crippen LogP contribution in [-0.2, 0) is 11.8 Å². The molecule has 5 nitrogen and oxygen atoms in total. The number of hydrogen-bond donors (Lipinski definition) is 1. The number of nitrogens with one attached hydrogen (secondary N) is 1. The average Bonchev–Trinajstić information content (AvgIpc) is 2.77. The minimum atomic E-state index is -0.228. The summed E-state index contributed by atoms with van der Waals surface area (Å²) in [7, 11) is 0. The summed E-state index contributed by atoms with van der Waals surface area (Å²) in [6.07, 6.45) is 5.01. The quantitative estimate of drug-likeness (QED) is 0.386. The normalized spacial score (nSPS) is 26.4. The van der Waals surface area contributed by atoms with Crippen molar-refractivity contribution >= 4 is 23.2 Å². The topological polar surface area (TPSA) is 72.2 Å². The molecule has 0 radical (unpaired) electrons. The summed E-state index contributed by atoms with van der Waals surface area (Å²) >= 11 is 6.22. The van der Waals surface area contributed by atoms with Crippen LogP contribution in [0.3, 0.4) is 0 Å². The van der Waals surface area contributed by atoms with Crippen molar-refractivity contribution in [1.29, 1.82) is 0 Å². The maximum Gasteiger partial charge on any atom is 0.273 e. The van der Waals surface area contributed by atoms with E-state index < -0.39 is 0 Å². The van der Waals surface area contributed by atoms with Crippen LogP contribution in [-0.4, -0.2) is 17.4 Å². The van der Waals surface area contributed by atoms with Gasteiger partial charge < -0.3 is 5.32 Å². The lowest BCUT2D eigenvalue weighted by atomic mass is 9.49. The van der Waals surface area contributed by atoms with Gasteiger partial charge in [-0.25, -0.2) is 0 Å². The summed E-state index contributed by atoms with van der Waals surface area (Å²) in [5.41, 5.74) is 3.72. The van der Waals surface area contributed by atoms with Gasteiger partial charge in [-0.3, -0.25) is 14.9 Å². The van der Waals surface area contributed by atoms with Crippen LogP contribution < -0.4 is 5.32 Å². The number of rotatable bonds is 5. The summed E-state index contributed by atoms with van der Waals surface area (Å²) in [6, 6.07) is 11.1. The Morgan fingerprint density at radius 3 is 2.64 bits per heavy atom. The van der Waals surface area contributed by atoms with Gasteiger partial charge in [-0.15, -0.1) is 0 Å². The third kappa shape index (κ3) is 4.16. The van der Waals surface area contributed by atoms with Crippen LogP contribution in [0.15, 0.2) is 36.4 Å². The molecular formula is C27H33ClN2O3. The third-order valence-corrected chi connectivity index (χ3v) is 8.54. The number of fused-ring (bicyclic) bond motifs is 3. The number of nitro benzene ring substituents is 1. The Bertz CT molecular complexity index is 1100. The predicted molar refractivity (Wildman–Crippen MR) is 132 cm³/mol. The lowest BCUT2D eigenvalue weighted by Gasteiger charge is -2.55. The maximum absolute atomic E-state index is 12.8. The molecule has 6 heteroatoms. The number of carbonyl (C=O) groups excluding carboxylic acids is 1. The highest BCUT2D eigenvalue weighted by molar-refractivity contribution is 6.33. The van der Waals surface area contributed by atoms with Gasteiger partial charge in [0.1, 0.15) is 0 Å². The van der Waals surface area contributed by atoms with E-state index in [-0.39, 0.29) is 33.3 Å². The van der Waals surface area contributed by atoms with Gasteiger partial charge >= 0.3 is 0 Å². The standard InChI is InChI=1S/C27H33ClN2O3/c1-17(2)20-14-18-10-11-24-26(3,16-29-25(31)19-8-5-6-9-22(19)28)12-7-13-27(24,4)21(18)15-23(20)30(32)33/h5-6,8-9,14-15,17,24H,7,10-13,16H2,1-4H3,(H,29,31)/t24-,26-,27+/m0/s1. The molecular weight excluding hydrogens is 436 g/mol. The number of carbonyl (C=O) groups is 1. The fourth-order valence-electron chi connectivity index (χ4n) is 6.51. The predicted octanol–water partition coefficient (Wildman–Crippen LogP) is 6.81. The first-order valence-electron chi connectivity index (χ1n) is 11.9. The van der Waals surface area contributed by atoms with Crippen LogP contribution in [0.1, 0.15) is 86.3 Å². The highest BCUT2D eigenvalue weighted by Gasteiger charge is 2.52. The molecule has 1 amide bonds. The van der Waals surface area contributed by atoms with Gasteiger partial charge in [0, 0.05) is 18.2 Å². The second kappa shape index (κ2) is 8.75. The van der Waals surface area contributed by atoms with E-state index in [0.717, 1.165) is 43.2 Å². The lowest BCUT2D eigenvalue weighted by molar-refractivity contribution is -0.385. The molecule has 1 fully saturated rings. The van der Waals surface area contributed by atoms with E-state index in [4.69, 9.17) is 11.6 Å². The Labute approximate surface area is 201 Å². The van der Waals surface area contributed by atoms with E-state index in [9.17, 15) is 14.9 Å². The highest BCUT2D eigenvalue weighted by Crippen LogP contribution is 2.57. The minimum absolute atomic E-state index is 0.0902. The number of aryl methyl sites for hydroxylation is 1. The molecule has 3 atom stereocenters. The molecule has 2 aromatic carbocycles. The van der Waals surface area contributed by atoms with Gasteiger partial charge in [-0.05, 0) is 77.7 Å². The Kier molecular flexibility index (Phi) is 6.30. The Morgan fingerprint density at radius 2 is 1.97 bits per heavy atom. The first-order valence-corrected chi connectivity index (χ1v) is 12.3. The van der Waals surface area contributed by atoms with E-state index in [0.29, 0.717) is 23.0 Å². The van der Waals surface area contributed by atoms with Gasteiger partial charge in [0.15, 0.2) is 0 Å². The molecule has 0 spiro atoms. The molecule has 2 aliphatic rings. The summed E-state index contributed by atoms with van der Waals surface area (Å²) in [5.74, 6) is 0.294. The van der Waals surface area contributed by atoms with Crippen LogP contribution in [0.25, 0.3) is 0 Å². The van der Waals surface area contributed by atoms with E-state index in [1.807, 2.05) is 32.0 Å². The largest absolute Gasteiger partial charge is 0.351 e. The lowest BCUT2D eigenvalue weighted by Crippen LogP contribution is -2.53. The molecule has 1 N–H and O–H groups in total. The van der Waals surface area contributed by atoms with Crippen LogP contribution in [0.2, 0.25) is 5.02 Å². The Morgan fingerprint density at radius 1 is 1.24 bits per heavy atom. The molecule has 176 valence electrons. The molecule has 2 aromatic rings. The van der Waals surface area contributed by atoms with E-state index in [1.165, 1.54) is 5.56 Å². The SMILES string of the molecule is CC(C)c1cc2c(cc1[N+](=O)[O-])[C@@]1(C)CCC[C@@](C)(CNC(=O)c3ccccc3Cl)[C@@H]1CC2. The molecule has 0 saturated heterocycles. The molecule has 0 unspecified atom stereocenters. The van der Waals surface area contributed by atoms with E-state index in [1.54, 1.807) is 12.1 Å². The van der Waals surface area contributed by atoms with Crippen molar-refractivity contribution in [2.24, 2.45) is 11.3 Å². The fraction of sp³-hybridized carbons (Fsp3) is 0.519. The van der Waals surface area contributed by atoms with Crippen molar-refractivity contribution in [3.63, 3.8) is 0 Å². The number of hydrogen-bond acceptors (Lipinski definition) is 3. The number of nitrogens with zero attached hydrogens (tertiary/aromatic N) is 1. The van der Waals surface area contributed by atoms with Crippen molar-refractivity contribution in [2.45, 2.75) is 71.1 Å². The summed E-state index contributed by atoms with van der Waals surface area (Å²) < 4.78 is 0. The van der Waals surface area contributed by atoms with Gasteiger partial charge in [0.2, 0.25) is 0 Å². The molecule has 33 heavy (non-hydrogen) atoms. The van der Waals surface area contributed by atoms with Crippen LogP contribution in [0.5, 0.6) is 0 Å². The summed E-state index contributed by atoms with van der Waals surface area (Å²) in [4.78, 5) is 24.5. The molecule has 4 rings (SSSR count). The fourth-order valence-corrected chi connectivity index (χ4v) is 6.73. The van der Waals surface area contributed by atoms with Crippen LogP contribution in [0.4, 0.5) is 5.69 Å².